The first-order valence-corrected chi connectivity index (χ1v) is 3.80. The van der Waals surface area contributed by atoms with E-state index in [-0.39, 0.29) is 41.1 Å². The van der Waals surface area contributed by atoms with Gasteiger partial charge in [0.25, 0.3) is 0 Å². The Morgan fingerprint density at radius 3 is 1.47 bits per heavy atom. The van der Waals surface area contributed by atoms with Crippen molar-refractivity contribution in [2.75, 3.05) is 0 Å². The van der Waals surface area contributed by atoms with Crippen LogP contribution in [0.5, 0.6) is 5.75 Å². The van der Waals surface area contributed by atoms with E-state index in [0.29, 0.717) is 5.75 Å². The summed E-state index contributed by atoms with van der Waals surface area (Å²) < 4.78 is 0. The van der Waals surface area contributed by atoms with E-state index in [9.17, 15) is 0 Å². The first-order chi connectivity index (χ1) is 5.89. The van der Waals surface area contributed by atoms with Crippen molar-refractivity contribution in [3.63, 3.8) is 0 Å². The summed E-state index contributed by atoms with van der Waals surface area (Å²) in [6.45, 7) is 0. The quantitative estimate of drug-likeness (QED) is 0.730. The van der Waals surface area contributed by atoms with Crippen LogP contribution in [0.2, 0.25) is 0 Å². The number of para-hydroxylation sites is 1. The minimum atomic E-state index is 0. The maximum atomic E-state index is 8.63. The van der Waals surface area contributed by atoms with Gasteiger partial charge in [-0.2, -0.15) is 18.2 Å². The normalized spacial score (nSPS) is 6.67. The van der Waals surface area contributed by atoms with Crippen LogP contribution in [0.4, 0.5) is 0 Å². The Kier molecular flexibility index (Phi) is 17.5. The van der Waals surface area contributed by atoms with E-state index >= 15 is 0 Å². The minimum absolute atomic E-state index is 0. The second-order valence-corrected chi connectivity index (χ2v) is 2.30. The second kappa shape index (κ2) is 13.3. The fraction of sp³-hybridized carbons (Fsp3) is 0. The van der Waals surface area contributed by atoms with Crippen molar-refractivity contribution < 1.29 is 31.3 Å². The van der Waals surface area contributed by atoms with E-state index in [4.69, 9.17) is 5.11 Å². The van der Waals surface area contributed by atoms with Crippen molar-refractivity contribution >= 4 is 0 Å². The molecule has 79 valence electrons. The third kappa shape index (κ3) is 11.2. The average Bonchev–Trinajstić information content (AvgIpc) is 2.62. The molecule has 2 rings (SSSR count). The zero-order valence-corrected chi connectivity index (χ0v) is 11.7. The van der Waals surface area contributed by atoms with Crippen molar-refractivity contribution in [2.45, 2.75) is 0 Å². The van der Waals surface area contributed by atoms with Crippen LogP contribution in [0.15, 0.2) is 60.7 Å². The predicted molar refractivity (Wildman–Crippen MR) is 63.0 cm³/mol. The largest absolute Gasteiger partial charge is 3.00 e. The molecule has 0 spiro atoms. The smallest absolute Gasteiger partial charge is 0.508 e. The van der Waals surface area contributed by atoms with Crippen LogP contribution in [0.25, 0.3) is 0 Å². The molecule has 0 fully saturated rings. The zero-order chi connectivity index (χ0) is 8.65. The SMILES string of the molecule is Oc1ccccc1.[CH3-].[CH3-].[Zr+3].c1cc[cH-]c1. The fourth-order valence-corrected chi connectivity index (χ4v) is 0.749. The molecule has 1 radical (unpaired) electrons. The summed E-state index contributed by atoms with van der Waals surface area (Å²) >= 11 is 0. The molecule has 1 nitrogen and oxygen atoms in total. The Bertz CT molecular complexity index is 259. The Morgan fingerprint density at radius 2 is 1.27 bits per heavy atom. The van der Waals surface area contributed by atoms with E-state index in [1.807, 2.05) is 36.4 Å². The summed E-state index contributed by atoms with van der Waals surface area (Å²) in [4.78, 5) is 0. The number of hydrogen-bond acceptors (Lipinski definition) is 1. The van der Waals surface area contributed by atoms with Gasteiger partial charge in [0.05, 0.1) is 0 Å². The molecule has 0 saturated heterocycles. The summed E-state index contributed by atoms with van der Waals surface area (Å²) in [5.41, 5.74) is 0. The molecule has 0 amide bonds. The van der Waals surface area contributed by atoms with Crippen molar-refractivity contribution in [1.82, 2.24) is 0 Å². The number of phenolic OH excluding ortho intramolecular Hbond substituents is 1. The van der Waals surface area contributed by atoms with Crippen molar-refractivity contribution in [1.29, 1.82) is 0 Å². The van der Waals surface area contributed by atoms with Gasteiger partial charge in [-0.15, -0.1) is 0 Å². The van der Waals surface area contributed by atoms with Crippen LogP contribution >= 0.6 is 0 Å². The van der Waals surface area contributed by atoms with Crippen LogP contribution in [-0.4, -0.2) is 5.11 Å². The van der Waals surface area contributed by atoms with Crippen LogP contribution in [0, 0.1) is 14.9 Å². The van der Waals surface area contributed by atoms with Gasteiger partial charge >= 0.3 is 26.2 Å². The molecular formula is C13H17OZr. The van der Waals surface area contributed by atoms with Gasteiger partial charge in [0, 0.05) is 0 Å². The van der Waals surface area contributed by atoms with Crippen LogP contribution in [0.1, 0.15) is 0 Å². The average molecular weight is 281 g/mol. The molecular weight excluding hydrogens is 263 g/mol. The Hall–Kier alpha value is -0.747. The maximum absolute atomic E-state index is 8.63. The monoisotopic (exact) mass is 279 g/mol. The zero-order valence-electron chi connectivity index (χ0n) is 9.22. The minimum Gasteiger partial charge on any atom is -0.508 e. The molecule has 2 aromatic rings. The van der Waals surface area contributed by atoms with E-state index in [0.717, 1.165) is 0 Å². The van der Waals surface area contributed by atoms with Gasteiger partial charge in [0.1, 0.15) is 5.75 Å². The topological polar surface area (TPSA) is 20.2 Å². The molecule has 15 heavy (non-hydrogen) atoms. The van der Waals surface area contributed by atoms with E-state index in [1.165, 1.54) is 0 Å². The third-order valence-corrected chi connectivity index (χ3v) is 1.31. The summed E-state index contributed by atoms with van der Waals surface area (Å²) in [6, 6.07) is 18.7. The third-order valence-electron chi connectivity index (χ3n) is 1.31. The first-order valence-electron chi connectivity index (χ1n) is 3.80. The van der Waals surface area contributed by atoms with Gasteiger partial charge in [0.2, 0.25) is 0 Å². The molecule has 0 saturated carbocycles. The summed E-state index contributed by atoms with van der Waals surface area (Å²) in [7, 11) is 0. The van der Waals surface area contributed by atoms with Crippen molar-refractivity contribution in [3.05, 3.63) is 75.5 Å². The van der Waals surface area contributed by atoms with Gasteiger partial charge in [-0.05, 0) is 12.1 Å². The molecule has 0 aliphatic heterocycles. The number of aromatic hydroxyl groups is 1. The molecule has 0 aliphatic carbocycles. The van der Waals surface area contributed by atoms with Crippen molar-refractivity contribution in [3.8, 4) is 5.75 Å². The van der Waals surface area contributed by atoms with Gasteiger partial charge in [-0.1, -0.05) is 18.2 Å². The molecule has 0 aromatic heterocycles. The molecule has 2 aromatic carbocycles. The number of phenols is 1. The Balaban J connectivity index is -0.000000165. The molecule has 0 heterocycles. The standard InChI is InChI=1S/C6H6O.C5H5.2CH3.Zr/c7-6-4-2-1-3-5-6;1-2-4-5-3-1;;;/h1-5,7H;1-5H;2*1H3;/q;3*-1;+3. The number of rotatable bonds is 0. The summed E-state index contributed by atoms with van der Waals surface area (Å²) in [6.07, 6.45) is 0. The summed E-state index contributed by atoms with van der Waals surface area (Å²) in [5.74, 6) is 0.322. The van der Waals surface area contributed by atoms with Gasteiger partial charge in [-0.25, -0.2) is 12.1 Å². The number of benzene rings is 1. The molecule has 1 N–H and O–H groups in total. The molecule has 0 aliphatic rings. The molecule has 0 unspecified atom stereocenters. The van der Waals surface area contributed by atoms with E-state index in [1.54, 1.807) is 24.3 Å². The van der Waals surface area contributed by atoms with E-state index in [2.05, 4.69) is 0 Å². The summed E-state index contributed by atoms with van der Waals surface area (Å²) in [5, 5.41) is 8.63. The van der Waals surface area contributed by atoms with Gasteiger partial charge in [-0.3, -0.25) is 0 Å². The Morgan fingerprint density at radius 1 is 0.800 bits per heavy atom. The number of hydrogen-bond donors (Lipinski definition) is 1. The van der Waals surface area contributed by atoms with Crippen molar-refractivity contribution in [2.24, 2.45) is 0 Å². The fourth-order valence-electron chi connectivity index (χ4n) is 0.749. The predicted octanol–water partition coefficient (Wildman–Crippen LogP) is 3.70. The molecule has 0 atom stereocenters. The maximum Gasteiger partial charge on any atom is 3.00 e. The second-order valence-electron chi connectivity index (χ2n) is 2.30. The van der Waals surface area contributed by atoms with Gasteiger partial charge in [0.15, 0.2) is 0 Å². The molecule has 2 heteroatoms. The van der Waals surface area contributed by atoms with E-state index < -0.39 is 0 Å². The first kappa shape index (κ1) is 19.8. The van der Waals surface area contributed by atoms with Crippen LogP contribution in [-0.2, 0) is 26.2 Å². The molecule has 0 bridgehead atoms. The van der Waals surface area contributed by atoms with Crippen LogP contribution < -0.4 is 0 Å². The van der Waals surface area contributed by atoms with Gasteiger partial charge < -0.3 is 20.0 Å². The van der Waals surface area contributed by atoms with Crippen LogP contribution in [0.3, 0.4) is 0 Å². The Labute approximate surface area is 112 Å².